The highest BCUT2D eigenvalue weighted by Crippen LogP contribution is 2.27. The van der Waals surface area contributed by atoms with E-state index in [-0.39, 0.29) is 11.7 Å². The molecular weight excluding hydrogens is 428 g/mol. The number of amides is 1. The SMILES string of the molecule is O=C(Nc1ccc(Nc2nc(-c3ccncc3)cs2)cc1)c1ccc(Br)o1. The fourth-order valence-corrected chi connectivity index (χ4v) is 3.42. The van der Waals surface area contributed by atoms with E-state index in [0.29, 0.717) is 10.4 Å². The van der Waals surface area contributed by atoms with Crippen molar-refractivity contribution in [2.24, 2.45) is 0 Å². The largest absolute Gasteiger partial charge is 0.444 e. The first-order valence-electron chi connectivity index (χ1n) is 7.97. The molecule has 3 aromatic heterocycles. The van der Waals surface area contributed by atoms with Gasteiger partial charge in [-0.1, -0.05) is 0 Å². The van der Waals surface area contributed by atoms with Gasteiger partial charge in [0, 0.05) is 34.7 Å². The first kappa shape index (κ1) is 17.4. The molecule has 0 saturated heterocycles. The van der Waals surface area contributed by atoms with Crippen LogP contribution in [0, 0.1) is 0 Å². The number of hydrogen-bond acceptors (Lipinski definition) is 6. The van der Waals surface area contributed by atoms with Gasteiger partial charge in [0.25, 0.3) is 5.91 Å². The van der Waals surface area contributed by atoms with Gasteiger partial charge in [0.2, 0.25) is 0 Å². The molecule has 0 aliphatic rings. The van der Waals surface area contributed by atoms with Gasteiger partial charge in [0.1, 0.15) is 0 Å². The number of aromatic nitrogens is 2. The molecule has 0 aliphatic carbocycles. The Kier molecular flexibility index (Phi) is 4.99. The summed E-state index contributed by atoms with van der Waals surface area (Å²) in [5, 5.41) is 8.84. The van der Waals surface area contributed by atoms with Crippen LogP contribution in [0.15, 0.2) is 75.4 Å². The molecule has 4 rings (SSSR count). The van der Waals surface area contributed by atoms with Crippen molar-refractivity contribution in [3.8, 4) is 11.3 Å². The monoisotopic (exact) mass is 440 g/mol. The molecule has 134 valence electrons. The molecule has 6 nitrogen and oxygen atoms in total. The van der Waals surface area contributed by atoms with Crippen LogP contribution in [0.3, 0.4) is 0 Å². The minimum Gasteiger partial charge on any atom is -0.444 e. The van der Waals surface area contributed by atoms with Crippen molar-refractivity contribution in [1.29, 1.82) is 0 Å². The summed E-state index contributed by atoms with van der Waals surface area (Å²) in [7, 11) is 0. The minimum absolute atomic E-state index is 0.246. The third-order valence-corrected chi connectivity index (χ3v) is 4.86. The Hall–Kier alpha value is -2.97. The quantitative estimate of drug-likeness (QED) is 0.424. The molecule has 27 heavy (non-hydrogen) atoms. The van der Waals surface area contributed by atoms with E-state index in [9.17, 15) is 4.79 Å². The molecule has 1 amide bonds. The summed E-state index contributed by atoms with van der Waals surface area (Å²) < 4.78 is 5.76. The predicted octanol–water partition coefficient (Wildman–Crippen LogP) is 5.56. The number of halogens is 1. The van der Waals surface area contributed by atoms with Crippen LogP contribution >= 0.6 is 27.3 Å². The van der Waals surface area contributed by atoms with Gasteiger partial charge in [-0.2, -0.15) is 0 Å². The second-order valence-corrected chi connectivity index (χ2v) is 7.17. The standard InChI is InChI=1S/C19H13BrN4O2S/c20-17-6-5-16(26-17)18(25)22-13-1-3-14(4-2-13)23-19-24-15(11-27-19)12-7-9-21-10-8-12/h1-11H,(H,22,25)(H,23,24). The highest BCUT2D eigenvalue weighted by atomic mass is 79.9. The zero-order chi connectivity index (χ0) is 18.6. The number of carbonyl (C=O) groups is 1. The Morgan fingerprint density at radius 2 is 1.74 bits per heavy atom. The number of nitrogens with one attached hydrogen (secondary N) is 2. The maximum Gasteiger partial charge on any atom is 0.291 e. The number of furan rings is 1. The van der Waals surface area contributed by atoms with E-state index in [2.05, 4.69) is 36.5 Å². The van der Waals surface area contributed by atoms with Crippen LogP contribution in [0.25, 0.3) is 11.3 Å². The lowest BCUT2D eigenvalue weighted by atomic mass is 10.2. The summed E-state index contributed by atoms with van der Waals surface area (Å²) in [6.07, 6.45) is 3.49. The van der Waals surface area contributed by atoms with E-state index in [1.54, 1.807) is 24.5 Å². The van der Waals surface area contributed by atoms with Gasteiger partial charge < -0.3 is 15.1 Å². The van der Waals surface area contributed by atoms with Crippen LogP contribution in [-0.4, -0.2) is 15.9 Å². The molecule has 0 atom stereocenters. The van der Waals surface area contributed by atoms with Crippen molar-refractivity contribution < 1.29 is 9.21 Å². The number of nitrogens with zero attached hydrogens (tertiary/aromatic N) is 2. The summed E-state index contributed by atoms with van der Waals surface area (Å²) in [5.74, 6) is -0.0566. The average molecular weight is 441 g/mol. The molecule has 0 spiro atoms. The lowest BCUT2D eigenvalue weighted by molar-refractivity contribution is 0.0995. The van der Waals surface area contributed by atoms with Gasteiger partial charge in [0.15, 0.2) is 15.6 Å². The summed E-state index contributed by atoms with van der Waals surface area (Å²) in [6.45, 7) is 0. The highest BCUT2D eigenvalue weighted by molar-refractivity contribution is 9.10. The molecule has 0 unspecified atom stereocenters. The molecule has 1 aromatic carbocycles. The number of rotatable bonds is 5. The molecule has 8 heteroatoms. The fraction of sp³-hybridized carbons (Fsp3) is 0. The third-order valence-electron chi connectivity index (χ3n) is 3.67. The van der Waals surface area contributed by atoms with E-state index in [0.717, 1.165) is 22.1 Å². The second-order valence-electron chi connectivity index (χ2n) is 5.53. The lowest BCUT2D eigenvalue weighted by Crippen LogP contribution is -2.10. The van der Waals surface area contributed by atoms with Crippen LogP contribution in [0.5, 0.6) is 0 Å². The van der Waals surface area contributed by atoms with Gasteiger partial charge in [-0.05, 0) is 64.5 Å². The number of carbonyl (C=O) groups excluding carboxylic acids is 1. The van der Waals surface area contributed by atoms with Gasteiger partial charge >= 0.3 is 0 Å². The number of benzene rings is 1. The van der Waals surface area contributed by atoms with Gasteiger partial charge in [-0.15, -0.1) is 11.3 Å². The number of thiazole rings is 1. The summed E-state index contributed by atoms with van der Waals surface area (Å²) in [5.41, 5.74) is 3.48. The Balaban J connectivity index is 1.41. The molecule has 0 fully saturated rings. The Morgan fingerprint density at radius 1 is 1.00 bits per heavy atom. The summed E-state index contributed by atoms with van der Waals surface area (Å²) >= 11 is 4.70. The van der Waals surface area contributed by atoms with Crippen molar-refractivity contribution in [3.63, 3.8) is 0 Å². The molecule has 0 radical (unpaired) electrons. The second kappa shape index (κ2) is 7.73. The van der Waals surface area contributed by atoms with Crippen LogP contribution in [0.1, 0.15) is 10.6 Å². The van der Waals surface area contributed by atoms with Gasteiger partial charge in [-0.25, -0.2) is 4.98 Å². The van der Waals surface area contributed by atoms with Crippen LogP contribution in [-0.2, 0) is 0 Å². The number of pyridine rings is 1. The molecule has 0 bridgehead atoms. The van der Waals surface area contributed by atoms with Crippen molar-refractivity contribution in [1.82, 2.24) is 9.97 Å². The van der Waals surface area contributed by atoms with E-state index in [4.69, 9.17) is 4.42 Å². The van der Waals surface area contributed by atoms with Crippen molar-refractivity contribution in [3.05, 3.63) is 76.7 Å². The topological polar surface area (TPSA) is 80.0 Å². The van der Waals surface area contributed by atoms with Gasteiger partial charge in [0.05, 0.1) is 5.69 Å². The summed E-state index contributed by atoms with van der Waals surface area (Å²) in [6, 6.07) is 14.5. The van der Waals surface area contributed by atoms with E-state index < -0.39 is 0 Å². The molecule has 0 aliphatic heterocycles. The van der Waals surface area contributed by atoms with E-state index in [1.807, 2.05) is 41.8 Å². The molecule has 3 heterocycles. The van der Waals surface area contributed by atoms with E-state index >= 15 is 0 Å². The first-order chi connectivity index (χ1) is 13.2. The van der Waals surface area contributed by atoms with Gasteiger partial charge in [-0.3, -0.25) is 9.78 Å². The predicted molar refractivity (Wildman–Crippen MR) is 109 cm³/mol. The summed E-state index contributed by atoms with van der Waals surface area (Å²) in [4.78, 5) is 20.7. The fourth-order valence-electron chi connectivity index (χ4n) is 2.38. The van der Waals surface area contributed by atoms with E-state index in [1.165, 1.54) is 11.3 Å². The zero-order valence-electron chi connectivity index (χ0n) is 13.8. The average Bonchev–Trinajstić information content (AvgIpc) is 3.33. The maximum absolute atomic E-state index is 12.1. The minimum atomic E-state index is -0.302. The molecule has 4 aromatic rings. The number of anilines is 3. The smallest absolute Gasteiger partial charge is 0.291 e. The van der Waals surface area contributed by atoms with Crippen LogP contribution in [0.2, 0.25) is 0 Å². The van der Waals surface area contributed by atoms with Crippen molar-refractivity contribution in [2.75, 3.05) is 10.6 Å². The Morgan fingerprint density at radius 3 is 2.44 bits per heavy atom. The highest BCUT2D eigenvalue weighted by Gasteiger charge is 2.11. The molecular formula is C19H13BrN4O2S. The Labute approximate surface area is 167 Å². The third kappa shape index (κ3) is 4.24. The number of hydrogen-bond donors (Lipinski definition) is 2. The first-order valence-corrected chi connectivity index (χ1v) is 9.64. The normalized spacial score (nSPS) is 10.6. The van der Waals surface area contributed by atoms with Crippen LogP contribution < -0.4 is 10.6 Å². The zero-order valence-corrected chi connectivity index (χ0v) is 16.3. The Bertz CT molecular complexity index is 1060. The molecule has 0 saturated carbocycles. The van der Waals surface area contributed by atoms with Crippen molar-refractivity contribution in [2.45, 2.75) is 0 Å². The maximum atomic E-state index is 12.1. The van der Waals surface area contributed by atoms with Crippen molar-refractivity contribution >= 4 is 49.7 Å². The lowest BCUT2D eigenvalue weighted by Gasteiger charge is -2.06. The molecule has 2 N–H and O–H groups in total. The van der Waals surface area contributed by atoms with Crippen LogP contribution in [0.4, 0.5) is 16.5 Å².